The van der Waals surface area contributed by atoms with Crippen LogP contribution < -0.4 is 0 Å². The van der Waals surface area contributed by atoms with Gasteiger partial charge in [0.2, 0.25) is 22.4 Å². The van der Waals surface area contributed by atoms with E-state index in [2.05, 4.69) is 4.99 Å². The zero-order valence-electron chi connectivity index (χ0n) is 47.5. The van der Waals surface area contributed by atoms with Crippen LogP contribution in [-0.2, 0) is 80.2 Å². The van der Waals surface area contributed by atoms with Crippen molar-refractivity contribution in [1.82, 2.24) is 0 Å². The molecule has 0 bridgehead atoms. The third kappa shape index (κ3) is 9.81. The highest BCUT2D eigenvalue weighted by molar-refractivity contribution is 7.33. The number of fused-ring (bicyclic) bond motifs is 9. The van der Waals surface area contributed by atoms with Crippen molar-refractivity contribution in [3.8, 4) is 34.0 Å². The van der Waals surface area contributed by atoms with Crippen LogP contribution in [0.1, 0.15) is 66.2 Å². The summed E-state index contributed by atoms with van der Waals surface area (Å²) >= 11 is 2.53. The number of nitriles is 4. The second kappa shape index (κ2) is 24.0. The third-order valence-electron chi connectivity index (χ3n) is 16.2. The Bertz CT molecular complexity index is 4930. The normalized spacial score (nSPS) is 16.8. The van der Waals surface area contributed by atoms with Crippen LogP contribution >= 0.6 is 34.0 Å². The van der Waals surface area contributed by atoms with Gasteiger partial charge in [-0.1, -0.05) is 121 Å². The van der Waals surface area contributed by atoms with Gasteiger partial charge in [-0.3, -0.25) is 28.8 Å². The molecule has 1 atom stereocenters. The number of nitrogens with zero attached hydrogens (tertiary/aromatic N) is 6. The van der Waals surface area contributed by atoms with E-state index in [1.165, 1.54) is 12.1 Å². The summed E-state index contributed by atoms with van der Waals surface area (Å²) in [6.45, 7) is -1.80. The number of hydrogen-bond donors (Lipinski definition) is 0. The molecular formula is C70H36F4N6O10S3. The maximum atomic E-state index is 16.0. The molecule has 0 radical (unpaired) electrons. The lowest BCUT2D eigenvalue weighted by atomic mass is 9.78. The average molecular weight is 1290 g/mol. The SMILES string of the molecule is N#CC(C#N)=C1C(=NC2=Cc3sc4c5c(sc4c3C2(C(=O)OCc2ccccc2)C(=O)OCc2ccccc2)-c2sc(N=C3C(=O)C4=CC(F)=C(F)CC4C3=C(C#N)C#N)cc2C5(C(=O)OCc2ccccc2)C(=O)OCc2ccccc2)C(=O)c2cc(F)c(F)cc21. The largest absolute Gasteiger partial charge is 0.459 e. The first-order chi connectivity index (χ1) is 45.1. The van der Waals surface area contributed by atoms with E-state index >= 15 is 32.3 Å². The summed E-state index contributed by atoms with van der Waals surface area (Å²) in [6, 6.07) is 42.8. The first kappa shape index (κ1) is 60.3. The quantitative estimate of drug-likeness (QED) is 0.0322. The van der Waals surface area contributed by atoms with Crippen molar-refractivity contribution < 1.29 is 65.3 Å². The van der Waals surface area contributed by atoms with Crippen LogP contribution in [0.15, 0.2) is 195 Å². The fourth-order valence-corrected chi connectivity index (χ4v) is 16.2. The van der Waals surface area contributed by atoms with Gasteiger partial charge in [0.05, 0.1) is 24.9 Å². The number of ketones is 2. The van der Waals surface area contributed by atoms with Gasteiger partial charge in [-0.25, -0.2) is 27.5 Å². The number of thiophene rings is 3. The number of esters is 4. The molecule has 5 aromatic carbocycles. The molecule has 1 unspecified atom stereocenters. The molecule has 0 amide bonds. The number of Topliss-reactive ketones (excluding diaryl/α,β-unsaturated/α-hetero) is 2. The molecule has 0 saturated heterocycles. The van der Waals surface area contributed by atoms with E-state index in [-0.39, 0.29) is 56.9 Å². The van der Waals surface area contributed by atoms with Gasteiger partial charge in [0.1, 0.15) is 84.1 Å². The molecule has 0 N–H and O–H groups in total. The molecule has 5 aliphatic carbocycles. The van der Waals surface area contributed by atoms with E-state index in [1.807, 2.05) is 0 Å². The number of benzene rings is 5. The Morgan fingerprint density at radius 1 is 0.527 bits per heavy atom. The number of rotatable bonds is 14. The summed E-state index contributed by atoms with van der Waals surface area (Å²) in [6.07, 6.45) is 1.20. The first-order valence-electron chi connectivity index (χ1n) is 28.0. The molecule has 16 nitrogen and oxygen atoms in total. The predicted molar refractivity (Wildman–Crippen MR) is 330 cm³/mol. The molecule has 8 aromatic rings. The third-order valence-corrected chi connectivity index (χ3v) is 19.9. The lowest BCUT2D eigenvalue weighted by Crippen LogP contribution is -2.46. The Kier molecular flexibility index (Phi) is 15.5. The molecule has 0 aliphatic heterocycles. The van der Waals surface area contributed by atoms with E-state index in [1.54, 1.807) is 146 Å². The number of aliphatic imine (C=N–C) groups is 2. The topological polar surface area (TPSA) is 259 Å². The molecule has 1 saturated carbocycles. The number of halogens is 4. The number of allylic oxidation sites excluding steroid dienone is 8. The number of carbonyl (C=O) groups is 6. The Balaban J connectivity index is 1.09. The molecule has 3 aromatic heterocycles. The van der Waals surface area contributed by atoms with Crippen molar-refractivity contribution in [3.05, 3.63) is 252 Å². The fraction of sp³-hybridized carbons (Fsp3) is 0.114. The molecule has 13 rings (SSSR count). The average Bonchev–Trinajstić information content (AvgIpc) is 1.50. The van der Waals surface area contributed by atoms with Crippen LogP contribution in [0, 0.1) is 62.9 Å². The zero-order valence-corrected chi connectivity index (χ0v) is 50.0. The first-order valence-corrected chi connectivity index (χ1v) is 30.4. The van der Waals surface area contributed by atoms with Gasteiger partial charge >= 0.3 is 23.9 Å². The van der Waals surface area contributed by atoms with E-state index in [4.69, 9.17) is 23.9 Å². The van der Waals surface area contributed by atoms with E-state index in [0.29, 0.717) is 40.5 Å². The van der Waals surface area contributed by atoms with Crippen molar-refractivity contribution in [2.45, 2.75) is 43.7 Å². The highest BCUT2D eigenvalue weighted by atomic mass is 32.1. The molecule has 23 heteroatoms. The molecule has 93 heavy (non-hydrogen) atoms. The maximum Gasteiger partial charge on any atom is 0.334 e. The van der Waals surface area contributed by atoms with Crippen LogP contribution in [0.5, 0.6) is 0 Å². The van der Waals surface area contributed by atoms with Crippen LogP contribution in [0.3, 0.4) is 0 Å². The monoisotopic (exact) mass is 1290 g/mol. The summed E-state index contributed by atoms with van der Waals surface area (Å²) in [7, 11) is 0. The summed E-state index contributed by atoms with van der Waals surface area (Å²) in [4.78, 5) is 103. The number of ether oxygens (including phenoxy) is 4. The standard InChI is InChI=1S/C70H36F4N6O10S3/c71-46-21-41-43(23-48(46)73)59(81)57(53(41)39(27-75)28-76)79-51-26-50-55(70(51,67(85)89-33-37-17-9-3-10-18-37)68(86)90-34-38-19-11-4-12-20-38)62-64(91-50)56-63(93-62)61-45(25-52(92-61)80-58-54(40(29-77)30-78)42-22-47(72)49(74)24-44(42)60(58)82)69(56,65(83)87-31-35-13-5-1-6-14-35)66(84)88-32-36-15-7-2-8-16-36/h1-21,23-26,42H,22,31-34H2. The maximum absolute atomic E-state index is 16.0. The molecule has 5 aliphatic rings. The van der Waals surface area contributed by atoms with Crippen molar-refractivity contribution >= 4 is 107 Å². The lowest BCUT2D eigenvalue weighted by Gasteiger charge is -2.28. The van der Waals surface area contributed by atoms with Crippen LogP contribution in [-0.4, -0.2) is 46.9 Å². The number of carbonyl (C=O) groups excluding carboxylic acids is 6. The highest BCUT2D eigenvalue weighted by Gasteiger charge is 2.65. The minimum absolute atomic E-state index is 0.0231. The molecule has 3 heterocycles. The van der Waals surface area contributed by atoms with Gasteiger partial charge in [0.15, 0.2) is 17.5 Å². The van der Waals surface area contributed by atoms with Gasteiger partial charge in [0.25, 0.3) is 0 Å². The van der Waals surface area contributed by atoms with Crippen molar-refractivity contribution in [2.24, 2.45) is 15.9 Å². The van der Waals surface area contributed by atoms with E-state index < -0.39 is 153 Å². The van der Waals surface area contributed by atoms with Gasteiger partial charge in [0, 0.05) is 61.8 Å². The Morgan fingerprint density at radius 3 is 1.49 bits per heavy atom. The summed E-state index contributed by atoms with van der Waals surface area (Å²) in [5.74, 6) is -14.0. The van der Waals surface area contributed by atoms with Crippen molar-refractivity contribution in [2.75, 3.05) is 0 Å². The Hall–Kier alpha value is -11.6. The van der Waals surface area contributed by atoms with Gasteiger partial charge in [-0.15, -0.1) is 34.0 Å². The van der Waals surface area contributed by atoms with E-state index in [9.17, 15) is 35.0 Å². The smallest absolute Gasteiger partial charge is 0.334 e. The fourth-order valence-electron chi connectivity index (χ4n) is 11.9. The van der Waals surface area contributed by atoms with E-state index in [0.717, 1.165) is 34.0 Å². The van der Waals surface area contributed by atoms with Gasteiger partial charge < -0.3 is 18.9 Å². The Labute approximate surface area is 535 Å². The van der Waals surface area contributed by atoms with Crippen LogP contribution in [0.2, 0.25) is 0 Å². The number of hydrogen-bond acceptors (Lipinski definition) is 19. The second-order valence-corrected chi connectivity index (χ2v) is 24.5. The van der Waals surface area contributed by atoms with Crippen LogP contribution in [0.4, 0.5) is 22.6 Å². The minimum Gasteiger partial charge on any atom is -0.459 e. The summed E-state index contributed by atoms with van der Waals surface area (Å²) < 4.78 is 85.0. The van der Waals surface area contributed by atoms with Crippen molar-refractivity contribution in [3.63, 3.8) is 0 Å². The minimum atomic E-state index is -2.94. The molecule has 0 spiro atoms. The summed E-state index contributed by atoms with van der Waals surface area (Å²) in [5, 5.41) is 40.9. The van der Waals surface area contributed by atoms with Crippen molar-refractivity contribution in [1.29, 1.82) is 21.0 Å². The zero-order chi connectivity index (χ0) is 65.0. The lowest BCUT2D eigenvalue weighted by molar-refractivity contribution is -0.166. The highest BCUT2D eigenvalue weighted by Crippen LogP contribution is 2.65. The summed E-state index contributed by atoms with van der Waals surface area (Å²) in [5.41, 5.74) is -9.45. The van der Waals surface area contributed by atoms with Crippen LogP contribution in [0.25, 0.3) is 30.8 Å². The second-order valence-electron chi connectivity index (χ2n) is 21.4. The van der Waals surface area contributed by atoms with Gasteiger partial charge in [-0.2, -0.15) is 21.0 Å². The van der Waals surface area contributed by atoms with Gasteiger partial charge in [-0.05, 0) is 52.6 Å². The molecule has 1 fully saturated rings. The molecular weight excluding hydrogens is 1260 g/mol. The Morgan fingerprint density at radius 2 is 1.00 bits per heavy atom. The molecule has 452 valence electrons. The predicted octanol–water partition coefficient (Wildman–Crippen LogP) is 13.4.